The number of amides is 1. The van der Waals surface area contributed by atoms with Crippen molar-refractivity contribution in [2.24, 2.45) is 0 Å². The zero-order valence-corrected chi connectivity index (χ0v) is 16.4. The molecule has 5 heteroatoms. The van der Waals surface area contributed by atoms with Crippen LogP contribution in [0.2, 0.25) is 0 Å². The highest BCUT2D eigenvalue weighted by Gasteiger charge is 2.29. The number of hydrogen-bond donors (Lipinski definition) is 0. The maximum atomic E-state index is 13.0. The molecular formula is C22H29N3O2. The lowest BCUT2D eigenvalue weighted by molar-refractivity contribution is -0.130. The number of carbonyl (C=O) groups excluding carboxylic acids is 1. The number of rotatable bonds is 5. The fourth-order valence-electron chi connectivity index (χ4n) is 4.57. The highest BCUT2D eigenvalue weighted by Crippen LogP contribution is 2.36. The Morgan fingerprint density at radius 2 is 2.11 bits per heavy atom. The van der Waals surface area contributed by atoms with E-state index in [0.29, 0.717) is 12.5 Å². The van der Waals surface area contributed by atoms with Crippen LogP contribution in [0, 0.1) is 0 Å². The van der Waals surface area contributed by atoms with Crippen LogP contribution in [0.25, 0.3) is 0 Å². The molecule has 2 unspecified atom stereocenters. The molecule has 1 aromatic carbocycles. The number of imidazole rings is 1. The molecule has 4 rings (SSSR count). The predicted molar refractivity (Wildman–Crippen MR) is 105 cm³/mol. The van der Waals surface area contributed by atoms with Gasteiger partial charge in [-0.15, -0.1) is 0 Å². The standard InChI is InChI=1S/C22H29N3O2/c1-16-7-5-10-21-23-15-20(25(16)21)19(14-22(26)24-11-3-4-12-24)17-8-6-9-18(13-17)27-2/h6,8-9,13,15-16,19H,3-5,7,10-12,14H2,1-2H3. The van der Waals surface area contributed by atoms with Crippen molar-refractivity contribution >= 4 is 5.91 Å². The zero-order valence-electron chi connectivity index (χ0n) is 16.4. The molecule has 0 N–H and O–H groups in total. The Morgan fingerprint density at radius 1 is 1.30 bits per heavy atom. The van der Waals surface area contributed by atoms with E-state index < -0.39 is 0 Å². The van der Waals surface area contributed by atoms with Gasteiger partial charge in [0.1, 0.15) is 11.6 Å². The number of ether oxygens (including phenoxy) is 1. The summed E-state index contributed by atoms with van der Waals surface area (Å²) in [6.07, 6.45) is 8.11. The summed E-state index contributed by atoms with van der Waals surface area (Å²) >= 11 is 0. The summed E-state index contributed by atoms with van der Waals surface area (Å²) in [7, 11) is 1.69. The molecule has 1 fully saturated rings. The van der Waals surface area contributed by atoms with Crippen molar-refractivity contribution in [1.29, 1.82) is 0 Å². The molecule has 0 aliphatic carbocycles. The molecular weight excluding hydrogens is 338 g/mol. The lowest BCUT2D eigenvalue weighted by Crippen LogP contribution is -2.30. The Hall–Kier alpha value is -2.30. The first-order chi connectivity index (χ1) is 13.2. The summed E-state index contributed by atoms with van der Waals surface area (Å²) in [5.74, 6) is 2.25. The molecule has 2 aliphatic heterocycles. The number of nitrogens with zero attached hydrogens (tertiary/aromatic N) is 3. The van der Waals surface area contributed by atoms with E-state index in [-0.39, 0.29) is 11.8 Å². The summed E-state index contributed by atoms with van der Waals surface area (Å²) < 4.78 is 7.82. The van der Waals surface area contributed by atoms with E-state index in [9.17, 15) is 4.79 Å². The summed E-state index contributed by atoms with van der Waals surface area (Å²) in [4.78, 5) is 19.7. The van der Waals surface area contributed by atoms with Crippen LogP contribution >= 0.6 is 0 Å². The topological polar surface area (TPSA) is 47.4 Å². The fraction of sp³-hybridized carbons (Fsp3) is 0.545. The van der Waals surface area contributed by atoms with Gasteiger partial charge in [-0.25, -0.2) is 4.98 Å². The summed E-state index contributed by atoms with van der Waals surface area (Å²) in [6, 6.07) is 8.57. The summed E-state index contributed by atoms with van der Waals surface area (Å²) in [5.41, 5.74) is 2.29. The maximum Gasteiger partial charge on any atom is 0.223 e. The Bertz CT molecular complexity index is 808. The van der Waals surface area contributed by atoms with Crippen LogP contribution < -0.4 is 4.74 Å². The molecule has 27 heavy (non-hydrogen) atoms. The number of hydrogen-bond acceptors (Lipinski definition) is 3. The predicted octanol–water partition coefficient (Wildman–Crippen LogP) is 3.93. The number of methoxy groups -OCH3 is 1. The van der Waals surface area contributed by atoms with E-state index in [2.05, 4.69) is 23.6 Å². The number of benzene rings is 1. The van der Waals surface area contributed by atoms with E-state index in [1.165, 1.54) is 12.8 Å². The zero-order chi connectivity index (χ0) is 18.8. The Labute approximate surface area is 161 Å². The molecule has 0 bridgehead atoms. The van der Waals surface area contributed by atoms with Crippen LogP contribution in [0.4, 0.5) is 0 Å². The molecule has 3 heterocycles. The van der Waals surface area contributed by atoms with Crippen LogP contribution in [0.15, 0.2) is 30.5 Å². The van der Waals surface area contributed by atoms with Crippen LogP contribution in [-0.4, -0.2) is 40.6 Å². The molecule has 144 valence electrons. The van der Waals surface area contributed by atoms with Crippen LogP contribution in [0.5, 0.6) is 5.75 Å². The Morgan fingerprint density at radius 3 is 2.89 bits per heavy atom. The molecule has 0 radical (unpaired) electrons. The molecule has 2 aliphatic rings. The minimum Gasteiger partial charge on any atom is -0.497 e. The van der Waals surface area contributed by atoms with Gasteiger partial charge < -0.3 is 14.2 Å². The van der Waals surface area contributed by atoms with Gasteiger partial charge in [0.15, 0.2) is 0 Å². The van der Waals surface area contributed by atoms with Crippen LogP contribution in [0.3, 0.4) is 0 Å². The van der Waals surface area contributed by atoms with Crippen molar-refractivity contribution in [3.8, 4) is 5.75 Å². The SMILES string of the molecule is COc1cccc(C(CC(=O)N2CCCC2)c2cnc3n2C(C)CCC3)c1. The van der Waals surface area contributed by atoms with Crippen molar-refractivity contribution in [1.82, 2.24) is 14.5 Å². The number of fused-ring (bicyclic) bond motifs is 1. The highest BCUT2D eigenvalue weighted by molar-refractivity contribution is 5.78. The van der Waals surface area contributed by atoms with Gasteiger partial charge in [0.25, 0.3) is 0 Å². The average Bonchev–Trinajstić information content (AvgIpc) is 3.37. The van der Waals surface area contributed by atoms with Gasteiger partial charge in [0, 0.05) is 49.8 Å². The highest BCUT2D eigenvalue weighted by atomic mass is 16.5. The number of aryl methyl sites for hydroxylation is 1. The summed E-state index contributed by atoms with van der Waals surface area (Å²) in [5, 5.41) is 0. The van der Waals surface area contributed by atoms with E-state index in [1.807, 2.05) is 23.2 Å². The first-order valence-electron chi connectivity index (χ1n) is 10.1. The monoisotopic (exact) mass is 367 g/mol. The van der Waals surface area contributed by atoms with Gasteiger partial charge >= 0.3 is 0 Å². The second-order valence-corrected chi connectivity index (χ2v) is 7.83. The van der Waals surface area contributed by atoms with E-state index in [4.69, 9.17) is 9.72 Å². The average molecular weight is 367 g/mol. The van der Waals surface area contributed by atoms with Crippen LogP contribution in [-0.2, 0) is 11.2 Å². The fourth-order valence-corrected chi connectivity index (χ4v) is 4.57. The third-order valence-electron chi connectivity index (χ3n) is 6.06. The molecule has 1 saturated heterocycles. The largest absolute Gasteiger partial charge is 0.497 e. The van der Waals surface area contributed by atoms with Gasteiger partial charge in [0.05, 0.1) is 7.11 Å². The molecule has 0 saturated carbocycles. The van der Waals surface area contributed by atoms with Gasteiger partial charge in [-0.1, -0.05) is 12.1 Å². The third-order valence-corrected chi connectivity index (χ3v) is 6.06. The lowest BCUT2D eigenvalue weighted by Gasteiger charge is -2.28. The Balaban J connectivity index is 1.71. The van der Waals surface area contributed by atoms with Crippen molar-refractivity contribution in [3.63, 3.8) is 0 Å². The van der Waals surface area contributed by atoms with Crippen molar-refractivity contribution < 1.29 is 9.53 Å². The molecule has 0 spiro atoms. The molecule has 1 amide bonds. The second-order valence-electron chi connectivity index (χ2n) is 7.83. The quantitative estimate of drug-likeness (QED) is 0.804. The van der Waals surface area contributed by atoms with Gasteiger partial charge in [-0.3, -0.25) is 4.79 Å². The smallest absolute Gasteiger partial charge is 0.223 e. The molecule has 1 aromatic heterocycles. The number of likely N-dealkylation sites (tertiary alicyclic amines) is 1. The first-order valence-corrected chi connectivity index (χ1v) is 10.1. The summed E-state index contributed by atoms with van der Waals surface area (Å²) in [6.45, 7) is 4.05. The minimum absolute atomic E-state index is 0.00926. The van der Waals surface area contributed by atoms with Crippen LogP contribution in [0.1, 0.15) is 68.1 Å². The van der Waals surface area contributed by atoms with Crippen molar-refractivity contribution in [2.75, 3.05) is 20.2 Å². The lowest BCUT2D eigenvalue weighted by atomic mass is 9.91. The van der Waals surface area contributed by atoms with Gasteiger partial charge in [-0.05, 0) is 50.3 Å². The normalized spacial score (nSPS) is 20.4. The molecule has 5 nitrogen and oxygen atoms in total. The number of carbonyl (C=O) groups is 1. The first kappa shape index (κ1) is 18.1. The maximum absolute atomic E-state index is 13.0. The minimum atomic E-state index is 0.00926. The van der Waals surface area contributed by atoms with Crippen molar-refractivity contribution in [3.05, 3.63) is 47.5 Å². The molecule has 2 atom stereocenters. The van der Waals surface area contributed by atoms with E-state index in [1.54, 1.807) is 7.11 Å². The third kappa shape index (κ3) is 3.60. The van der Waals surface area contributed by atoms with E-state index in [0.717, 1.165) is 55.2 Å². The van der Waals surface area contributed by atoms with E-state index >= 15 is 0 Å². The van der Waals surface area contributed by atoms with Gasteiger partial charge in [0.2, 0.25) is 5.91 Å². The number of aromatic nitrogens is 2. The molecule has 2 aromatic rings. The van der Waals surface area contributed by atoms with Crippen molar-refractivity contribution in [2.45, 2.75) is 57.4 Å². The Kier molecular flexibility index (Phi) is 5.19. The van der Waals surface area contributed by atoms with Gasteiger partial charge in [-0.2, -0.15) is 0 Å². The second kappa shape index (κ2) is 7.75.